The molecule has 3 aromatic rings. The number of aryl methyl sites for hydroxylation is 2. The van der Waals surface area contributed by atoms with Crippen molar-refractivity contribution in [2.45, 2.75) is 16.2 Å². The number of rotatable bonds is 3. The lowest BCUT2D eigenvalue weighted by Crippen LogP contribution is -2.01. The van der Waals surface area contributed by atoms with Gasteiger partial charge in [0.1, 0.15) is 5.01 Å². The maximum Gasteiger partial charge on any atom is 0.338 e. The van der Waals surface area contributed by atoms with Crippen molar-refractivity contribution in [1.82, 2.24) is 25.0 Å². The summed E-state index contributed by atoms with van der Waals surface area (Å²) in [6.07, 6.45) is 2.97. The SMILES string of the molecule is Cc1nnc(Sc2c(C(=O)O)cnc3c2cnn3C)s1. The van der Waals surface area contributed by atoms with Crippen molar-refractivity contribution in [2.24, 2.45) is 7.05 Å². The molecule has 102 valence electrons. The molecule has 3 heterocycles. The standard InChI is InChI=1S/C11H9N5O2S2/c1-5-14-15-11(19-5)20-8-6-4-13-16(2)9(6)12-3-7(8)10(17)18/h3-4H,1-2H3,(H,17,18). The molecule has 0 atom stereocenters. The Labute approximate surface area is 121 Å². The first-order valence-electron chi connectivity index (χ1n) is 5.58. The maximum atomic E-state index is 11.4. The normalized spacial score (nSPS) is 11.1. The van der Waals surface area contributed by atoms with E-state index in [1.807, 2.05) is 6.92 Å². The number of hydrogen-bond acceptors (Lipinski definition) is 7. The lowest BCUT2D eigenvalue weighted by molar-refractivity contribution is 0.0693. The van der Waals surface area contributed by atoms with Crippen molar-refractivity contribution >= 4 is 40.1 Å². The topological polar surface area (TPSA) is 93.8 Å². The van der Waals surface area contributed by atoms with E-state index in [4.69, 9.17) is 0 Å². The van der Waals surface area contributed by atoms with Crippen LogP contribution in [0, 0.1) is 6.92 Å². The second-order valence-electron chi connectivity index (χ2n) is 4.00. The van der Waals surface area contributed by atoms with Crippen molar-refractivity contribution in [3.05, 3.63) is 23.0 Å². The van der Waals surface area contributed by atoms with Gasteiger partial charge in [0, 0.05) is 18.1 Å². The molecule has 9 heteroatoms. The monoisotopic (exact) mass is 307 g/mol. The van der Waals surface area contributed by atoms with Gasteiger partial charge >= 0.3 is 5.97 Å². The molecule has 0 saturated carbocycles. The molecule has 3 rings (SSSR count). The molecule has 0 aliphatic heterocycles. The number of pyridine rings is 1. The van der Waals surface area contributed by atoms with Gasteiger partial charge in [-0.2, -0.15) is 5.10 Å². The van der Waals surface area contributed by atoms with E-state index in [2.05, 4.69) is 20.3 Å². The number of carboxylic acid groups (broad SMARTS) is 1. The van der Waals surface area contributed by atoms with Gasteiger partial charge in [-0.25, -0.2) is 9.78 Å². The highest BCUT2D eigenvalue weighted by atomic mass is 32.2. The fourth-order valence-electron chi connectivity index (χ4n) is 1.74. The van der Waals surface area contributed by atoms with Gasteiger partial charge in [0.25, 0.3) is 0 Å². The first kappa shape index (κ1) is 13.0. The minimum Gasteiger partial charge on any atom is -0.478 e. The van der Waals surface area contributed by atoms with Crippen molar-refractivity contribution < 1.29 is 9.90 Å². The molecule has 0 aliphatic carbocycles. The predicted molar refractivity (Wildman–Crippen MR) is 74.2 cm³/mol. The van der Waals surface area contributed by atoms with E-state index >= 15 is 0 Å². The van der Waals surface area contributed by atoms with Gasteiger partial charge in [0.05, 0.1) is 17.1 Å². The number of carbonyl (C=O) groups is 1. The summed E-state index contributed by atoms with van der Waals surface area (Å²) in [6, 6.07) is 0. The second kappa shape index (κ2) is 4.84. The zero-order chi connectivity index (χ0) is 14.3. The van der Waals surface area contributed by atoms with Crippen LogP contribution in [0.25, 0.3) is 11.0 Å². The summed E-state index contributed by atoms with van der Waals surface area (Å²) in [6.45, 7) is 1.85. The van der Waals surface area contributed by atoms with Gasteiger partial charge in [-0.05, 0) is 6.92 Å². The van der Waals surface area contributed by atoms with E-state index in [0.29, 0.717) is 20.3 Å². The average molecular weight is 307 g/mol. The van der Waals surface area contributed by atoms with E-state index in [0.717, 1.165) is 5.01 Å². The van der Waals surface area contributed by atoms with E-state index in [-0.39, 0.29) is 5.56 Å². The van der Waals surface area contributed by atoms with E-state index in [1.54, 1.807) is 17.9 Å². The van der Waals surface area contributed by atoms with Gasteiger partial charge < -0.3 is 5.11 Å². The lowest BCUT2D eigenvalue weighted by Gasteiger charge is -2.04. The summed E-state index contributed by atoms with van der Waals surface area (Å²) in [5.74, 6) is -1.02. The highest BCUT2D eigenvalue weighted by Gasteiger charge is 2.19. The summed E-state index contributed by atoms with van der Waals surface area (Å²) in [4.78, 5) is 16.1. The number of aromatic carboxylic acids is 1. The smallest absolute Gasteiger partial charge is 0.338 e. The van der Waals surface area contributed by atoms with Crippen molar-refractivity contribution in [3.63, 3.8) is 0 Å². The minimum atomic E-state index is -1.02. The lowest BCUT2D eigenvalue weighted by atomic mass is 10.2. The molecule has 20 heavy (non-hydrogen) atoms. The predicted octanol–water partition coefficient (Wildman–Crippen LogP) is 1.98. The fourth-order valence-corrected chi connectivity index (χ4v) is 3.70. The van der Waals surface area contributed by atoms with E-state index in [1.165, 1.54) is 29.3 Å². The molecular weight excluding hydrogens is 298 g/mol. The Morgan fingerprint density at radius 3 is 2.85 bits per heavy atom. The van der Waals surface area contributed by atoms with E-state index in [9.17, 15) is 9.90 Å². The summed E-state index contributed by atoms with van der Waals surface area (Å²) in [5.41, 5.74) is 0.780. The zero-order valence-electron chi connectivity index (χ0n) is 10.6. The average Bonchev–Trinajstić information content (AvgIpc) is 2.97. The third-order valence-electron chi connectivity index (χ3n) is 2.64. The molecule has 7 nitrogen and oxygen atoms in total. The van der Waals surface area contributed by atoms with Crippen molar-refractivity contribution in [1.29, 1.82) is 0 Å². The third kappa shape index (κ3) is 2.14. The van der Waals surface area contributed by atoms with Crippen LogP contribution in [0.1, 0.15) is 15.4 Å². The van der Waals surface area contributed by atoms with Crippen LogP contribution in [0.2, 0.25) is 0 Å². The molecule has 0 unspecified atom stereocenters. The molecule has 0 aromatic carbocycles. The quantitative estimate of drug-likeness (QED) is 0.790. The van der Waals surface area contributed by atoms with Gasteiger partial charge in [-0.3, -0.25) is 4.68 Å². The minimum absolute atomic E-state index is 0.142. The van der Waals surface area contributed by atoms with Crippen LogP contribution >= 0.6 is 23.1 Å². The first-order chi connectivity index (χ1) is 9.56. The first-order valence-corrected chi connectivity index (χ1v) is 7.21. The Kier molecular flexibility index (Phi) is 3.14. The van der Waals surface area contributed by atoms with Gasteiger partial charge in [0.2, 0.25) is 0 Å². The number of carboxylic acids is 1. The molecule has 3 aromatic heterocycles. The molecular formula is C11H9N5O2S2. The zero-order valence-corrected chi connectivity index (χ0v) is 12.2. The summed E-state index contributed by atoms with van der Waals surface area (Å²) in [5, 5.41) is 22.9. The molecule has 0 aliphatic rings. The maximum absolute atomic E-state index is 11.4. The van der Waals surface area contributed by atoms with Crippen molar-refractivity contribution in [3.8, 4) is 0 Å². The van der Waals surface area contributed by atoms with Crippen molar-refractivity contribution in [2.75, 3.05) is 0 Å². The molecule has 0 fully saturated rings. The molecule has 1 N–H and O–H groups in total. The second-order valence-corrected chi connectivity index (χ2v) is 6.44. The van der Waals surface area contributed by atoms with Crippen LogP contribution in [-0.4, -0.2) is 36.0 Å². The van der Waals surface area contributed by atoms with Crippen LogP contribution in [-0.2, 0) is 7.05 Å². The largest absolute Gasteiger partial charge is 0.478 e. The number of aromatic nitrogens is 5. The highest BCUT2D eigenvalue weighted by Crippen LogP contribution is 2.36. The van der Waals surface area contributed by atoms with Gasteiger partial charge in [-0.1, -0.05) is 23.1 Å². The van der Waals surface area contributed by atoms with Crippen LogP contribution < -0.4 is 0 Å². The summed E-state index contributed by atoms with van der Waals surface area (Å²) in [7, 11) is 1.76. The Morgan fingerprint density at radius 1 is 1.40 bits per heavy atom. The van der Waals surface area contributed by atoms with Crippen LogP contribution in [0.3, 0.4) is 0 Å². The van der Waals surface area contributed by atoms with Crippen LogP contribution in [0.4, 0.5) is 0 Å². The molecule has 0 radical (unpaired) electrons. The van der Waals surface area contributed by atoms with E-state index < -0.39 is 5.97 Å². The molecule has 0 spiro atoms. The van der Waals surface area contributed by atoms with Crippen LogP contribution in [0.15, 0.2) is 21.6 Å². The molecule has 0 bridgehead atoms. The summed E-state index contributed by atoms with van der Waals surface area (Å²) < 4.78 is 2.30. The Morgan fingerprint density at radius 2 is 2.20 bits per heavy atom. The number of hydrogen-bond donors (Lipinski definition) is 1. The fraction of sp³-hybridized carbons (Fsp3) is 0.182. The Balaban J connectivity index is 2.19. The highest BCUT2D eigenvalue weighted by molar-refractivity contribution is 8.01. The molecule has 0 saturated heterocycles. The third-order valence-corrected chi connectivity index (χ3v) is 4.67. The van der Waals surface area contributed by atoms with Crippen LogP contribution in [0.5, 0.6) is 0 Å². The number of nitrogens with zero attached hydrogens (tertiary/aromatic N) is 5. The number of fused-ring (bicyclic) bond motifs is 1. The Bertz CT molecular complexity index is 810. The molecule has 0 amide bonds. The van der Waals surface area contributed by atoms with Gasteiger partial charge in [0.15, 0.2) is 9.99 Å². The summed E-state index contributed by atoms with van der Waals surface area (Å²) >= 11 is 2.70. The Hall–Kier alpha value is -2.00. The van der Waals surface area contributed by atoms with Gasteiger partial charge in [-0.15, -0.1) is 10.2 Å².